The summed E-state index contributed by atoms with van der Waals surface area (Å²) in [5.74, 6) is 0.317. The molecule has 1 fully saturated rings. The molecule has 1 aliphatic rings. The second-order valence-electron chi connectivity index (χ2n) is 4.73. The topological polar surface area (TPSA) is 64.8 Å². The van der Waals surface area contributed by atoms with Crippen LogP contribution in [0.25, 0.3) is 11.2 Å². The van der Waals surface area contributed by atoms with Crippen LogP contribution in [-0.4, -0.2) is 34.0 Å². The zero-order chi connectivity index (χ0) is 12.6. The molecule has 0 radical (unpaired) electrons. The van der Waals surface area contributed by atoms with E-state index in [0.29, 0.717) is 12.3 Å². The number of rotatable bonds is 2. The molecular formula is C12H15N3O2S. The van der Waals surface area contributed by atoms with Crippen LogP contribution in [0.5, 0.6) is 0 Å². The number of sulfone groups is 1. The lowest BCUT2D eigenvalue weighted by molar-refractivity contribution is 0.511. The van der Waals surface area contributed by atoms with Crippen molar-refractivity contribution in [3.8, 4) is 0 Å². The van der Waals surface area contributed by atoms with Crippen LogP contribution in [-0.2, 0) is 16.4 Å². The van der Waals surface area contributed by atoms with Crippen molar-refractivity contribution in [3.63, 3.8) is 0 Å². The van der Waals surface area contributed by atoms with E-state index >= 15 is 0 Å². The average molecular weight is 265 g/mol. The monoisotopic (exact) mass is 265 g/mol. The number of aromatic nitrogens is 3. The van der Waals surface area contributed by atoms with Gasteiger partial charge in [0.1, 0.15) is 5.52 Å². The minimum atomic E-state index is -2.94. The van der Waals surface area contributed by atoms with Crippen LogP contribution >= 0.6 is 0 Å². The van der Waals surface area contributed by atoms with E-state index < -0.39 is 9.84 Å². The van der Waals surface area contributed by atoms with Gasteiger partial charge >= 0.3 is 0 Å². The van der Waals surface area contributed by atoms with Crippen molar-refractivity contribution < 1.29 is 8.42 Å². The minimum absolute atomic E-state index is 0.286. The number of imidazole rings is 1. The molecule has 0 bridgehead atoms. The van der Waals surface area contributed by atoms with Crippen LogP contribution in [0.2, 0.25) is 0 Å². The van der Waals surface area contributed by atoms with Gasteiger partial charge in [0.05, 0.1) is 17.3 Å². The summed E-state index contributed by atoms with van der Waals surface area (Å²) >= 11 is 0. The van der Waals surface area contributed by atoms with Gasteiger partial charge in [-0.2, -0.15) is 0 Å². The van der Waals surface area contributed by atoms with E-state index in [0.717, 1.165) is 30.4 Å². The molecule has 0 aromatic carbocycles. The molecule has 1 aliphatic heterocycles. The molecular weight excluding hydrogens is 250 g/mol. The van der Waals surface area contributed by atoms with Gasteiger partial charge in [-0.05, 0) is 25.0 Å². The Bertz CT molecular complexity index is 663. The quantitative estimate of drug-likeness (QED) is 0.823. The first-order valence-corrected chi connectivity index (χ1v) is 7.86. The fraction of sp³-hybridized carbons (Fsp3) is 0.500. The van der Waals surface area contributed by atoms with Crippen LogP contribution in [0, 0.1) is 0 Å². The summed E-state index contributed by atoms with van der Waals surface area (Å²) in [5, 5.41) is -0.286. The molecule has 0 spiro atoms. The highest BCUT2D eigenvalue weighted by Gasteiger charge is 2.29. The van der Waals surface area contributed by atoms with E-state index in [4.69, 9.17) is 0 Å². The van der Waals surface area contributed by atoms with Crippen LogP contribution in [0.3, 0.4) is 0 Å². The summed E-state index contributed by atoms with van der Waals surface area (Å²) in [6, 6.07) is 3.71. The van der Waals surface area contributed by atoms with Gasteiger partial charge in [0, 0.05) is 12.7 Å². The third-order valence-electron chi connectivity index (χ3n) is 3.49. The molecule has 1 atom stereocenters. The summed E-state index contributed by atoms with van der Waals surface area (Å²) in [4.78, 5) is 8.50. The van der Waals surface area contributed by atoms with Gasteiger partial charge in [0.15, 0.2) is 15.5 Å². The van der Waals surface area contributed by atoms with E-state index in [-0.39, 0.29) is 5.25 Å². The Morgan fingerprint density at radius 1 is 1.33 bits per heavy atom. The Kier molecular flexibility index (Phi) is 2.81. The predicted molar refractivity (Wildman–Crippen MR) is 69.0 cm³/mol. The van der Waals surface area contributed by atoms with E-state index in [1.807, 2.05) is 16.7 Å². The van der Waals surface area contributed by atoms with E-state index in [1.54, 1.807) is 12.5 Å². The van der Waals surface area contributed by atoms with Gasteiger partial charge in [-0.25, -0.2) is 18.4 Å². The van der Waals surface area contributed by atoms with Gasteiger partial charge < -0.3 is 4.57 Å². The molecule has 18 heavy (non-hydrogen) atoms. The first-order valence-electron chi connectivity index (χ1n) is 6.14. The zero-order valence-electron chi connectivity index (χ0n) is 9.99. The molecule has 3 rings (SSSR count). The number of pyridine rings is 1. The Hall–Kier alpha value is -1.43. The maximum Gasteiger partial charge on any atom is 0.159 e. The largest absolute Gasteiger partial charge is 0.314 e. The van der Waals surface area contributed by atoms with Crippen LogP contribution in [0.1, 0.15) is 19.3 Å². The summed E-state index contributed by atoms with van der Waals surface area (Å²) in [6.07, 6.45) is 5.91. The van der Waals surface area contributed by atoms with E-state index in [2.05, 4.69) is 9.97 Å². The Morgan fingerprint density at radius 3 is 3.06 bits per heavy atom. The van der Waals surface area contributed by atoms with Crippen molar-refractivity contribution in [1.29, 1.82) is 0 Å². The normalized spacial score (nSPS) is 23.2. The van der Waals surface area contributed by atoms with Crippen molar-refractivity contribution in [1.82, 2.24) is 14.5 Å². The minimum Gasteiger partial charge on any atom is -0.314 e. The maximum atomic E-state index is 12.0. The molecule has 2 aromatic heterocycles. The van der Waals surface area contributed by atoms with Crippen LogP contribution in [0.15, 0.2) is 24.7 Å². The molecule has 6 heteroatoms. The molecule has 1 saturated heterocycles. The summed E-state index contributed by atoms with van der Waals surface area (Å²) < 4.78 is 25.8. The van der Waals surface area contributed by atoms with Crippen molar-refractivity contribution in [2.24, 2.45) is 0 Å². The standard InChI is InChI=1S/C12H15N3O2S/c16-18(17)7-2-1-4-10(18)8-15-9-14-11-5-3-6-13-12(11)15/h3,5-6,9-10H,1-2,4,7-8H2. The highest BCUT2D eigenvalue weighted by molar-refractivity contribution is 7.92. The molecule has 0 aliphatic carbocycles. The smallest absolute Gasteiger partial charge is 0.159 e. The lowest BCUT2D eigenvalue weighted by Gasteiger charge is -2.22. The number of fused-ring (bicyclic) bond motifs is 1. The third kappa shape index (κ3) is 2.01. The van der Waals surface area contributed by atoms with Crippen molar-refractivity contribution in [2.45, 2.75) is 31.1 Å². The van der Waals surface area contributed by atoms with Crippen molar-refractivity contribution in [2.75, 3.05) is 5.75 Å². The maximum absolute atomic E-state index is 12.0. The Morgan fingerprint density at radius 2 is 2.22 bits per heavy atom. The van der Waals surface area contributed by atoms with Crippen molar-refractivity contribution >= 4 is 21.0 Å². The van der Waals surface area contributed by atoms with Crippen LogP contribution in [0.4, 0.5) is 0 Å². The highest BCUT2D eigenvalue weighted by Crippen LogP contribution is 2.22. The molecule has 0 amide bonds. The second kappa shape index (κ2) is 4.35. The lowest BCUT2D eigenvalue weighted by Crippen LogP contribution is -2.32. The zero-order valence-corrected chi connectivity index (χ0v) is 10.8. The van der Waals surface area contributed by atoms with E-state index in [1.165, 1.54) is 0 Å². The Balaban J connectivity index is 1.92. The Labute approximate surface area is 106 Å². The summed E-state index contributed by atoms with van der Waals surface area (Å²) in [7, 11) is -2.94. The summed E-state index contributed by atoms with van der Waals surface area (Å²) in [6.45, 7) is 0.468. The van der Waals surface area contributed by atoms with Crippen molar-refractivity contribution in [3.05, 3.63) is 24.7 Å². The second-order valence-corrected chi connectivity index (χ2v) is 7.13. The molecule has 5 nitrogen and oxygen atoms in total. The fourth-order valence-electron chi connectivity index (χ4n) is 2.48. The highest BCUT2D eigenvalue weighted by atomic mass is 32.2. The SMILES string of the molecule is O=S1(=O)CCCCC1Cn1cnc2cccnc21. The number of nitrogens with zero attached hydrogens (tertiary/aromatic N) is 3. The van der Waals surface area contributed by atoms with Gasteiger partial charge in [0.2, 0.25) is 0 Å². The molecule has 2 aromatic rings. The number of hydrogen-bond donors (Lipinski definition) is 0. The number of hydrogen-bond acceptors (Lipinski definition) is 4. The van der Waals surface area contributed by atoms with Gasteiger partial charge in [-0.1, -0.05) is 6.42 Å². The van der Waals surface area contributed by atoms with Gasteiger partial charge in [0.25, 0.3) is 0 Å². The molecule has 96 valence electrons. The fourth-order valence-corrected chi connectivity index (χ4v) is 4.33. The molecule has 0 N–H and O–H groups in total. The van der Waals surface area contributed by atoms with E-state index in [9.17, 15) is 8.42 Å². The predicted octanol–water partition coefficient (Wildman–Crippen LogP) is 1.40. The van der Waals surface area contributed by atoms with Crippen LogP contribution < -0.4 is 0 Å². The molecule has 3 heterocycles. The van der Waals surface area contributed by atoms with Gasteiger partial charge in [-0.3, -0.25) is 0 Å². The third-order valence-corrected chi connectivity index (χ3v) is 5.75. The first kappa shape index (κ1) is 11.6. The average Bonchev–Trinajstić information content (AvgIpc) is 2.75. The summed E-state index contributed by atoms with van der Waals surface area (Å²) in [5.41, 5.74) is 1.57. The van der Waals surface area contributed by atoms with Gasteiger partial charge in [-0.15, -0.1) is 0 Å². The first-order chi connectivity index (χ1) is 8.67. The molecule has 1 unspecified atom stereocenters. The lowest BCUT2D eigenvalue weighted by atomic mass is 10.2. The molecule has 0 saturated carbocycles.